The molecule has 3 N–H and O–H groups in total. The van der Waals surface area contributed by atoms with Crippen LogP contribution in [-0.4, -0.2) is 37.5 Å². The number of halogens is 2. The molecule has 116 valence electrons. The lowest BCUT2D eigenvalue weighted by Crippen LogP contribution is -3.00. The molecule has 6 heteroatoms. The maximum absolute atomic E-state index is 9.10. The molecule has 0 heterocycles. The highest BCUT2D eigenvalue weighted by atomic mass is 35.5. The van der Waals surface area contributed by atoms with Crippen molar-refractivity contribution >= 4 is 11.6 Å². The first kappa shape index (κ1) is 19.5. The Hall–Kier alpha value is -0.520. The Labute approximate surface area is 132 Å². The molecular formula is C14H23Cl2N2O2-. The maximum Gasteiger partial charge on any atom is 0.123 e. The Balaban J connectivity index is 0.00000361. The first-order chi connectivity index (χ1) is 9.13. The van der Waals surface area contributed by atoms with E-state index in [2.05, 4.69) is 10.6 Å². The molecule has 0 spiro atoms. The molecule has 0 aromatic heterocycles. The standard InChI is InChI=1S/C14H23ClN2O2.ClH/c1-3-19-14-5-4-13(15)8-12(14)10-17-7-6-16-9-11(2)18;/h4-5,8,11,16-18H,3,6-7,9-10H2,1-2H3;1H/p-1. The molecule has 1 rings (SSSR count). The Bertz CT molecular complexity index is 376. The fourth-order valence-electron chi connectivity index (χ4n) is 1.69. The number of aliphatic hydroxyl groups is 1. The largest absolute Gasteiger partial charge is 1.00 e. The van der Waals surface area contributed by atoms with Gasteiger partial charge in [-0.1, -0.05) is 11.6 Å². The third kappa shape index (κ3) is 7.92. The van der Waals surface area contributed by atoms with Gasteiger partial charge in [0.25, 0.3) is 0 Å². The van der Waals surface area contributed by atoms with E-state index in [9.17, 15) is 0 Å². The highest BCUT2D eigenvalue weighted by Crippen LogP contribution is 2.22. The van der Waals surface area contributed by atoms with Gasteiger partial charge in [0.2, 0.25) is 0 Å². The molecule has 1 unspecified atom stereocenters. The van der Waals surface area contributed by atoms with Crippen LogP contribution < -0.4 is 27.8 Å². The molecule has 0 fully saturated rings. The van der Waals surface area contributed by atoms with Crippen molar-refractivity contribution in [1.82, 2.24) is 10.6 Å². The molecule has 0 aliphatic heterocycles. The lowest BCUT2D eigenvalue weighted by atomic mass is 10.2. The Kier molecular flexibility index (Phi) is 10.9. The maximum atomic E-state index is 9.10. The zero-order valence-corrected chi connectivity index (χ0v) is 13.5. The molecule has 20 heavy (non-hydrogen) atoms. The number of aliphatic hydroxyl groups excluding tert-OH is 1. The minimum Gasteiger partial charge on any atom is -1.00 e. The number of hydrogen-bond donors (Lipinski definition) is 3. The second kappa shape index (κ2) is 11.2. The van der Waals surface area contributed by atoms with E-state index in [0.717, 1.165) is 24.4 Å². The van der Waals surface area contributed by atoms with Crippen molar-refractivity contribution in [2.24, 2.45) is 0 Å². The fraction of sp³-hybridized carbons (Fsp3) is 0.571. The molecule has 4 nitrogen and oxygen atoms in total. The van der Waals surface area contributed by atoms with Crippen LogP contribution in [0.25, 0.3) is 0 Å². The van der Waals surface area contributed by atoms with E-state index in [4.69, 9.17) is 21.4 Å². The van der Waals surface area contributed by atoms with Crippen molar-refractivity contribution in [3.63, 3.8) is 0 Å². The second-order valence-corrected chi connectivity index (χ2v) is 4.85. The van der Waals surface area contributed by atoms with E-state index < -0.39 is 0 Å². The summed E-state index contributed by atoms with van der Waals surface area (Å²) in [5.41, 5.74) is 1.06. The van der Waals surface area contributed by atoms with Gasteiger partial charge in [0.05, 0.1) is 12.7 Å². The average Bonchev–Trinajstić information content (AvgIpc) is 2.36. The fourth-order valence-corrected chi connectivity index (χ4v) is 1.89. The highest BCUT2D eigenvalue weighted by Gasteiger charge is 2.04. The molecule has 1 atom stereocenters. The molecule has 1 aromatic rings. The molecule has 1 aromatic carbocycles. The van der Waals surface area contributed by atoms with Gasteiger partial charge in [0.15, 0.2) is 0 Å². The smallest absolute Gasteiger partial charge is 0.123 e. The SMILES string of the molecule is CCOc1ccc(Cl)cc1CNCCNCC(C)O.[Cl-]. The van der Waals surface area contributed by atoms with Gasteiger partial charge in [-0.05, 0) is 32.0 Å². The van der Waals surface area contributed by atoms with Crippen LogP contribution in [0.1, 0.15) is 19.4 Å². The predicted octanol–water partition coefficient (Wildman–Crippen LogP) is -1.20. The van der Waals surface area contributed by atoms with Gasteiger partial charge in [-0.25, -0.2) is 0 Å². The van der Waals surface area contributed by atoms with Crippen LogP contribution in [0.4, 0.5) is 0 Å². The second-order valence-electron chi connectivity index (χ2n) is 4.41. The monoisotopic (exact) mass is 321 g/mol. The summed E-state index contributed by atoms with van der Waals surface area (Å²) in [4.78, 5) is 0. The summed E-state index contributed by atoms with van der Waals surface area (Å²) >= 11 is 5.99. The molecule has 0 aliphatic rings. The van der Waals surface area contributed by atoms with E-state index in [-0.39, 0.29) is 18.5 Å². The van der Waals surface area contributed by atoms with Crippen molar-refractivity contribution < 1.29 is 22.3 Å². The Morgan fingerprint density at radius 3 is 2.65 bits per heavy atom. The Morgan fingerprint density at radius 1 is 1.30 bits per heavy atom. The molecule has 0 bridgehead atoms. The van der Waals surface area contributed by atoms with E-state index in [0.29, 0.717) is 24.7 Å². The van der Waals surface area contributed by atoms with Gasteiger partial charge in [0, 0.05) is 36.8 Å². The topological polar surface area (TPSA) is 53.5 Å². The summed E-state index contributed by atoms with van der Waals surface area (Å²) in [6, 6.07) is 5.65. The van der Waals surface area contributed by atoms with Crippen LogP contribution in [0.5, 0.6) is 5.75 Å². The molecule has 0 amide bonds. The predicted molar refractivity (Wildman–Crippen MR) is 78.9 cm³/mol. The van der Waals surface area contributed by atoms with Crippen LogP contribution in [-0.2, 0) is 6.54 Å². The first-order valence-corrected chi connectivity index (χ1v) is 7.02. The summed E-state index contributed by atoms with van der Waals surface area (Å²) in [6.45, 7) is 7.34. The number of hydrogen-bond acceptors (Lipinski definition) is 4. The van der Waals surface area contributed by atoms with E-state index in [1.807, 2.05) is 25.1 Å². The minimum atomic E-state index is -0.308. The highest BCUT2D eigenvalue weighted by molar-refractivity contribution is 6.30. The van der Waals surface area contributed by atoms with Gasteiger partial charge in [-0.15, -0.1) is 0 Å². The Morgan fingerprint density at radius 2 is 2.00 bits per heavy atom. The van der Waals surface area contributed by atoms with Crippen LogP contribution in [0, 0.1) is 0 Å². The van der Waals surface area contributed by atoms with Crippen LogP contribution in [0.3, 0.4) is 0 Å². The molecule has 0 saturated carbocycles. The molecule has 0 radical (unpaired) electrons. The van der Waals surface area contributed by atoms with Crippen molar-refractivity contribution in [2.75, 3.05) is 26.2 Å². The van der Waals surface area contributed by atoms with E-state index >= 15 is 0 Å². The quantitative estimate of drug-likeness (QED) is 0.500. The lowest BCUT2D eigenvalue weighted by Gasteiger charge is -2.12. The average molecular weight is 322 g/mol. The van der Waals surface area contributed by atoms with Crippen molar-refractivity contribution in [2.45, 2.75) is 26.5 Å². The summed E-state index contributed by atoms with van der Waals surface area (Å²) in [5.74, 6) is 0.872. The van der Waals surface area contributed by atoms with Gasteiger partial charge < -0.3 is 32.9 Å². The van der Waals surface area contributed by atoms with Gasteiger partial charge in [0.1, 0.15) is 5.75 Å². The summed E-state index contributed by atoms with van der Waals surface area (Å²) in [6.07, 6.45) is -0.308. The third-order valence-electron chi connectivity index (χ3n) is 2.56. The number of ether oxygens (including phenoxy) is 1. The summed E-state index contributed by atoms with van der Waals surface area (Å²) in [7, 11) is 0. The van der Waals surface area contributed by atoms with E-state index in [1.54, 1.807) is 6.92 Å². The number of nitrogens with one attached hydrogen (secondary N) is 2. The summed E-state index contributed by atoms with van der Waals surface area (Å²) in [5, 5.41) is 16.3. The summed E-state index contributed by atoms with van der Waals surface area (Å²) < 4.78 is 5.55. The molecular weight excluding hydrogens is 299 g/mol. The zero-order chi connectivity index (χ0) is 14.1. The zero-order valence-electron chi connectivity index (χ0n) is 12.0. The first-order valence-electron chi connectivity index (χ1n) is 6.64. The van der Waals surface area contributed by atoms with E-state index in [1.165, 1.54) is 0 Å². The van der Waals surface area contributed by atoms with Crippen LogP contribution in [0.15, 0.2) is 18.2 Å². The molecule has 0 aliphatic carbocycles. The van der Waals surface area contributed by atoms with Crippen molar-refractivity contribution in [3.05, 3.63) is 28.8 Å². The number of benzene rings is 1. The normalized spacial score (nSPS) is 11.8. The van der Waals surface area contributed by atoms with Crippen molar-refractivity contribution in [3.8, 4) is 5.75 Å². The lowest BCUT2D eigenvalue weighted by molar-refractivity contribution is -0.00000665. The third-order valence-corrected chi connectivity index (χ3v) is 2.79. The van der Waals surface area contributed by atoms with Crippen molar-refractivity contribution in [1.29, 1.82) is 0 Å². The van der Waals surface area contributed by atoms with Crippen LogP contribution >= 0.6 is 11.6 Å². The van der Waals surface area contributed by atoms with Crippen LogP contribution in [0.2, 0.25) is 5.02 Å². The van der Waals surface area contributed by atoms with Gasteiger partial charge in [-0.2, -0.15) is 0 Å². The molecule has 0 saturated heterocycles. The van der Waals surface area contributed by atoms with Gasteiger partial charge >= 0.3 is 0 Å². The number of rotatable bonds is 9. The minimum absolute atomic E-state index is 0. The van der Waals surface area contributed by atoms with Gasteiger partial charge in [-0.3, -0.25) is 0 Å².